The first-order valence-corrected chi connectivity index (χ1v) is 5.65. The lowest BCUT2D eigenvalue weighted by Gasteiger charge is -2.13. The Morgan fingerprint density at radius 2 is 1.89 bits per heavy atom. The van der Waals surface area contributed by atoms with E-state index in [2.05, 4.69) is 4.74 Å². The maximum Gasteiger partial charge on any atom is 0.343 e. The second kappa shape index (κ2) is 4.97. The van der Waals surface area contributed by atoms with Gasteiger partial charge in [-0.1, -0.05) is 18.2 Å². The summed E-state index contributed by atoms with van der Waals surface area (Å²) in [6, 6.07) is 9.88. The van der Waals surface area contributed by atoms with Crippen molar-refractivity contribution in [2.45, 2.75) is 6.92 Å². The number of carbonyl (C=O) groups excluding carboxylic acids is 1. The highest BCUT2D eigenvalue weighted by atomic mass is 16.5. The van der Waals surface area contributed by atoms with Crippen molar-refractivity contribution in [1.29, 1.82) is 0 Å². The summed E-state index contributed by atoms with van der Waals surface area (Å²) in [5, 5.41) is 10.2. The van der Waals surface area contributed by atoms with Crippen molar-refractivity contribution in [2.24, 2.45) is 0 Å². The van der Waals surface area contributed by atoms with E-state index in [0.29, 0.717) is 11.3 Å². The van der Waals surface area contributed by atoms with E-state index in [1.165, 1.54) is 13.2 Å². The van der Waals surface area contributed by atoms with E-state index in [1.807, 2.05) is 0 Å². The van der Waals surface area contributed by atoms with Crippen molar-refractivity contribution in [3.63, 3.8) is 0 Å². The molecule has 0 fully saturated rings. The molecule has 2 rings (SSSR count). The molecule has 0 bridgehead atoms. The van der Waals surface area contributed by atoms with Gasteiger partial charge in [-0.25, -0.2) is 9.36 Å². The van der Waals surface area contributed by atoms with Crippen LogP contribution < -0.4 is 5.56 Å². The van der Waals surface area contributed by atoms with E-state index in [1.54, 1.807) is 37.3 Å². The monoisotopic (exact) mass is 259 g/mol. The number of ether oxygens (including phenoxy) is 1. The summed E-state index contributed by atoms with van der Waals surface area (Å²) >= 11 is 0. The predicted octanol–water partition coefficient (Wildman–Crippen LogP) is 1.64. The number of para-hydroxylation sites is 1. The Balaban J connectivity index is 2.76. The molecule has 0 spiro atoms. The average molecular weight is 259 g/mol. The van der Waals surface area contributed by atoms with Crippen LogP contribution in [0, 0.1) is 6.92 Å². The van der Waals surface area contributed by atoms with Gasteiger partial charge in [0.1, 0.15) is 5.56 Å². The van der Waals surface area contributed by atoms with Gasteiger partial charge in [0.15, 0.2) is 0 Å². The number of esters is 1. The van der Waals surface area contributed by atoms with Gasteiger partial charge < -0.3 is 9.84 Å². The molecule has 0 saturated heterocycles. The summed E-state index contributed by atoms with van der Waals surface area (Å²) in [6.07, 6.45) is 0. The summed E-state index contributed by atoms with van der Waals surface area (Å²) in [7, 11) is 1.22. The summed E-state index contributed by atoms with van der Waals surface area (Å²) in [5.41, 5.74) is 0.441. The molecule has 1 aromatic heterocycles. The number of pyridine rings is 1. The van der Waals surface area contributed by atoms with Crippen LogP contribution in [0.5, 0.6) is 5.88 Å². The number of hydrogen-bond donors (Lipinski definition) is 1. The lowest BCUT2D eigenvalue weighted by molar-refractivity contribution is 0.0595. The lowest BCUT2D eigenvalue weighted by atomic mass is 10.1. The van der Waals surface area contributed by atoms with Gasteiger partial charge in [-0.15, -0.1) is 0 Å². The molecule has 0 saturated carbocycles. The highest BCUT2D eigenvalue weighted by molar-refractivity contribution is 5.93. The number of benzene rings is 1. The highest BCUT2D eigenvalue weighted by Crippen LogP contribution is 2.22. The van der Waals surface area contributed by atoms with Gasteiger partial charge in [0.2, 0.25) is 5.88 Å². The Kier molecular flexibility index (Phi) is 3.37. The van der Waals surface area contributed by atoms with Crippen LogP contribution in [-0.2, 0) is 4.74 Å². The molecule has 98 valence electrons. The first kappa shape index (κ1) is 12.9. The largest absolute Gasteiger partial charge is 0.494 e. The van der Waals surface area contributed by atoms with Gasteiger partial charge in [-0.3, -0.25) is 4.79 Å². The molecule has 0 unspecified atom stereocenters. The molecular formula is C14H13NO4. The van der Waals surface area contributed by atoms with E-state index >= 15 is 0 Å². The zero-order valence-electron chi connectivity index (χ0n) is 10.6. The van der Waals surface area contributed by atoms with Crippen LogP contribution in [-0.4, -0.2) is 22.8 Å². The number of methoxy groups -OCH3 is 1. The van der Waals surface area contributed by atoms with Crippen molar-refractivity contribution in [2.75, 3.05) is 7.11 Å². The van der Waals surface area contributed by atoms with Crippen LogP contribution in [0.4, 0.5) is 0 Å². The molecule has 5 nitrogen and oxygen atoms in total. The van der Waals surface area contributed by atoms with Crippen molar-refractivity contribution in [1.82, 2.24) is 4.57 Å². The Hall–Kier alpha value is -2.56. The van der Waals surface area contributed by atoms with Gasteiger partial charge in [0.05, 0.1) is 12.8 Å². The first-order chi connectivity index (χ1) is 9.06. The summed E-state index contributed by atoms with van der Waals surface area (Å²) in [5.74, 6) is -1.09. The Morgan fingerprint density at radius 1 is 1.26 bits per heavy atom. The van der Waals surface area contributed by atoms with Gasteiger partial charge in [-0.05, 0) is 24.6 Å². The van der Waals surface area contributed by atoms with Crippen LogP contribution in [0.25, 0.3) is 5.69 Å². The van der Waals surface area contributed by atoms with Gasteiger partial charge in [0.25, 0.3) is 5.56 Å². The SMILES string of the molecule is COC(=O)c1c(C)cc(=O)n(-c2ccccc2)c1O. The van der Waals surface area contributed by atoms with Crippen LogP contribution in [0.3, 0.4) is 0 Å². The molecule has 0 aliphatic carbocycles. The van der Waals surface area contributed by atoms with Crippen LogP contribution >= 0.6 is 0 Å². The van der Waals surface area contributed by atoms with Crippen LogP contribution in [0.15, 0.2) is 41.2 Å². The average Bonchev–Trinajstić information content (AvgIpc) is 2.39. The molecule has 5 heteroatoms. The second-order valence-corrected chi connectivity index (χ2v) is 4.03. The fourth-order valence-corrected chi connectivity index (χ4v) is 1.90. The Bertz CT molecular complexity index is 674. The van der Waals surface area contributed by atoms with E-state index in [4.69, 9.17) is 0 Å². The minimum Gasteiger partial charge on any atom is -0.494 e. The fourth-order valence-electron chi connectivity index (χ4n) is 1.90. The topological polar surface area (TPSA) is 68.5 Å². The molecular weight excluding hydrogens is 246 g/mol. The second-order valence-electron chi connectivity index (χ2n) is 4.03. The fraction of sp³-hybridized carbons (Fsp3) is 0.143. The minimum atomic E-state index is -0.681. The Labute approximate surface area is 109 Å². The maximum absolute atomic E-state index is 12.0. The van der Waals surface area contributed by atoms with E-state index < -0.39 is 17.4 Å². The molecule has 0 aliphatic heterocycles. The quantitative estimate of drug-likeness (QED) is 0.832. The molecule has 1 N–H and O–H groups in total. The number of nitrogens with zero attached hydrogens (tertiary/aromatic N) is 1. The van der Waals surface area contributed by atoms with Crippen molar-refractivity contribution in [3.8, 4) is 11.6 Å². The number of aromatic nitrogens is 1. The summed E-state index contributed by atoms with van der Waals surface area (Å²) < 4.78 is 5.68. The standard InChI is InChI=1S/C14H13NO4/c1-9-8-11(16)15(10-6-4-3-5-7-10)13(17)12(9)14(18)19-2/h3-8,17H,1-2H3. The van der Waals surface area contributed by atoms with Gasteiger partial charge in [0, 0.05) is 6.07 Å². The summed E-state index contributed by atoms with van der Waals surface area (Å²) in [6.45, 7) is 1.57. The third-order valence-electron chi connectivity index (χ3n) is 2.79. The van der Waals surface area contributed by atoms with E-state index in [-0.39, 0.29) is 5.56 Å². The third kappa shape index (κ3) is 2.22. The van der Waals surface area contributed by atoms with Crippen LogP contribution in [0.1, 0.15) is 15.9 Å². The van der Waals surface area contributed by atoms with E-state index in [9.17, 15) is 14.7 Å². The van der Waals surface area contributed by atoms with Crippen molar-refractivity contribution >= 4 is 5.97 Å². The minimum absolute atomic E-state index is 0.00838. The van der Waals surface area contributed by atoms with Gasteiger partial charge >= 0.3 is 5.97 Å². The molecule has 2 aromatic rings. The normalized spacial score (nSPS) is 10.2. The van der Waals surface area contributed by atoms with Crippen molar-refractivity contribution < 1.29 is 14.6 Å². The summed E-state index contributed by atoms with van der Waals surface area (Å²) in [4.78, 5) is 23.6. The molecule has 0 atom stereocenters. The van der Waals surface area contributed by atoms with Gasteiger partial charge in [-0.2, -0.15) is 0 Å². The molecule has 0 aliphatic rings. The van der Waals surface area contributed by atoms with E-state index in [0.717, 1.165) is 4.57 Å². The smallest absolute Gasteiger partial charge is 0.343 e. The maximum atomic E-state index is 12.0. The highest BCUT2D eigenvalue weighted by Gasteiger charge is 2.20. The number of aromatic hydroxyl groups is 1. The zero-order valence-corrected chi connectivity index (χ0v) is 10.6. The molecule has 1 heterocycles. The first-order valence-electron chi connectivity index (χ1n) is 5.65. The zero-order chi connectivity index (χ0) is 14.0. The Morgan fingerprint density at radius 3 is 2.47 bits per heavy atom. The number of carbonyl (C=O) groups is 1. The lowest BCUT2D eigenvalue weighted by Crippen LogP contribution is -2.21. The molecule has 0 radical (unpaired) electrons. The molecule has 1 aromatic carbocycles. The third-order valence-corrected chi connectivity index (χ3v) is 2.79. The predicted molar refractivity (Wildman–Crippen MR) is 69.8 cm³/mol. The molecule has 0 amide bonds. The number of rotatable bonds is 2. The van der Waals surface area contributed by atoms with Crippen LogP contribution in [0.2, 0.25) is 0 Å². The molecule has 19 heavy (non-hydrogen) atoms. The number of hydrogen-bond acceptors (Lipinski definition) is 4. The van der Waals surface area contributed by atoms with Crippen molar-refractivity contribution in [3.05, 3.63) is 57.9 Å². The number of aryl methyl sites for hydroxylation is 1.